The van der Waals surface area contributed by atoms with Gasteiger partial charge in [0.2, 0.25) is 5.89 Å². The molecule has 7 heteroatoms. The zero-order chi connectivity index (χ0) is 17.3. The number of hydrogen-bond acceptors (Lipinski definition) is 5. The second kappa shape index (κ2) is 6.57. The molecular weight excluding hydrogens is 332 g/mol. The number of H-pyrrole nitrogens is 1. The summed E-state index contributed by atoms with van der Waals surface area (Å²) in [6, 6.07) is 3.62. The first-order valence-corrected chi connectivity index (χ1v) is 7.80. The van der Waals surface area contributed by atoms with E-state index in [4.69, 9.17) is 25.5 Å². The van der Waals surface area contributed by atoms with Crippen molar-refractivity contribution in [1.29, 1.82) is 0 Å². The average molecular weight is 349 g/mol. The fraction of sp³-hybridized carbons (Fsp3) is 0.294. The van der Waals surface area contributed by atoms with Crippen molar-refractivity contribution in [3.8, 4) is 0 Å². The van der Waals surface area contributed by atoms with E-state index in [-0.39, 0.29) is 5.92 Å². The summed E-state index contributed by atoms with van der Waals surface area (Å²) < 4.78 is 16.1. The third kappa shape index (κ3) is 3.23. The lowest BCUT2D eigenvalue weighted by atomic mass is 9.97. The van der Waals surface area contributed by atoms with Crippen LogP contribution in [0.4, 0.5) is 0 Å². The molecule has 1 aliphatic heterocycles. The third-order valence-electron chi connectivity index (χ3n) is 3.84. The third-order valence-corrected chi connectivity index (χ3v) is 4.06. The molecule has 6 nitrogen and oxygen atoms in total. The predicted octanol–water partition coefficient (Wildman–Crippen LogP) is 3.98. The van der Waals surface area contributed by atoms with Crippen LogP contribution < -0.4 is 0 Å². The van der Waals surface area contributed by atoms with Crippen molar-refractivity contribution in [2.75, 3.05) is 7.11 Å². The summed E-state index contributed by atoms with van der Waals surface area (Å²) in [7, 11) is 1.53. The summed E-state index contributed by atoms with van der Waals surface area (Å²) in [5.41, 5.74) is 2.21. The molecule has 2 atom stereocenters. The van der Waals surface area contributed by atoms with Gasteiger partial charge in [0.1, 0.15) is 22.9 Å². The summed E-state index contributed by atoms with van der Waals surface area (Å²) in [4.78, 5) is 19.1. The molecule has 1 aliphatic rings. The highest BCUT2D eigenvalue weighted by Gasteiger charge is 2.34. The van der Waals surface area contributed by atoms with Gasteiger partial charge in [-0.25, -0.2) is 9.78 Å². The summed E-state index contributed by atoms with van der Waals surface area (Å²) in [5, 5.41) is 0.559. The first kappa shape index (κ1) is 16.4. The Labute approximate surface area is 144 Å². The maximum atomic E-state index is 11.7. The Hall–Kier alpha value is -2.47. The van der Waals surface area contributed by atoms with Crippen LogP contribution in [-0.2, 0) is 14.3 Å². The normalized spacial score (nSPS) is 21.4. The van der Waals surface area contributed by atoms with Crippen LogP contribution in [0.2, 0.25) is 5.15 Å². The topological polar surface area (TPSA) is 77.4 Å². The van der Waals surface area contributed by atoms with E-state index >= 15 is 0 Å². The minimum atomic E-state index is -0.539. The van der Waals surface area contributed by atoms with Gasteiger partial charge in [-0.3, -0.25) is 0 Å². The average Bonchev–Trinajstić information content (AvgIpc) is 3.18. The monoisotopic (exact) mass is 348 g/mol. The van der Waals surface area contributed by atoms with Gasteiger partial charge in [-0.05, 0) is 25.1 Å². The highest BCUT2D eigenvalue weighted by molar-refractivity contribution is 6.29. The Kier molecular flexibility index (Phi) is 4.49. The summed E-state index contributed by atoms with van der Waals surface area (Å²) in [6.07, 6.45) is 4.19. The summed E-state index contributed by atoms with van der Waals surface area (Å²) >= 11 is 5.86. The fourth-order valence-corrected chi connectivity index (χ4v) is 2.75. The van der Waals surface area contributed by atoms with Gasteiger partial charge in [-0.1, -0.05) is 18.5 Å². The molecule has 3 heterocycles. The number of rotatable bonds is 4. The molecule has 24 heavy (non-hydrogen) atoms. The van der Waals surface area contributed by atoms with Crippen LogP contribution >= 0.6 is 11.6 Å². The number of cyclic esters (lactones) is 1. The number of oxazole rings is 1. The van der Waals surface area contributed by atoms with Gasteiger partial charge in [0.05, 0.1) is 19.1 Å². The number of carbonyl (C=O) groups excluding carboxylic acids is 1. The van der Waals surface area contributed by atoms with E-state index < -0.39 is 12.1 Å². The molecule has 0 aromatic carbocycles. The van der Waals surface area contributed by atoms with Crippen molar-refractivity contribution in [2.24, 2.45) is 5.92 Å². The summed E-state index contributed by atoms with van der Waals surface area (Å²) in [5.74, 6) is 0.423. The number of nitrogens with one attached hydrogen (secondary N) is 1. The second-order valence-electron chi connectivity index (χ2n) is 5.56. The Morgan fingerprint density at radius 2 is 2.25 bits per heavy atom. The van der Waals surface area contributed by atoms with Gasteiger partial charge in [0.15, 0.2) is 6.10 Å². The van der Waals surface area contributed by atoms with Crippen molar-refractivity contribution < 1.29 is 18.7 Å². The van der Waals surface area contributed by atoms with E-state index in [9.17, 15) is 4.79 Å². The standard InChI is InChI=1S/C17H17ClN2O4/c1-9(6-11-4-5-14(18)19-11)17-20-12(8-23-17)16-10(2)13(22-3)7-15(21)24-16/h4-8,10,16,19H,1-3H3. The number of carbonyl (C=O) groups is 1. The molecule has 126 valence electrons. The van der Waals surface area contributed by atoms with Gasteiger partial charge >= 0.3 is 5.97 Å². The second-order valence-corrected chi connectivity index (χ2v) is 5.97. The fourth-order valence-electron chi connectivity index (χ4n) is 2.58. The van der Waals surface area contributed by atoms with Crippen LogP contribution in [0.5, 0.6) is 0 Å². The molecule has 0 bridgehead atoms. The molecule has 3 rings (SSSR count). The predicted molar refractivity (Wildman–Crippen MR) is 88.9 cm³/mol. The van der Waals surface area contributed by atoms with Gasteiger partial charge in [-0.2, -0.15) is 0 Å². The Bertz CT molecular complexity index is 818. The van der Waals surface area contributed by atoms with E-state index in [1.165, 1.54) is 19.4 Å². The number of nitrogens with zero attached hydrogens (tertiary/aromatic N) is 1. The summed E-state index contributed by atoms with van der Waals surface area (Å²) in [6.45, 7) is 3.78. The van der Waals surface area contributed by atoms with Gasteiger partial charge in [0.25, 0.3) is 0 Å². The molecule has 0 saturated heterocycles. The molecule has 0 saturated carbocycles. The molecule has 2 unspecified atom stereocenters. The number of allylic oxidation sites excluding steroid dienone is 1. The number of esters is 1. The lowest BCUT2D eigenvalue weighted by Gasteiger charge is -2.26. The Morgan fingerprint density at radius 3 is 2.92 bits per heavy atom. The lowest BCUT2D eigenvalue weighted by molar-refractivity contribution is -0.149. The van der Waals surface area contributed by atoms with Crippen LogP contribution in [0.25, 0.3) is 11.6 Å². The molecule has 0 radical (unpaired) electrons. The van der Waals surface area contributed by atoms with Crippen LogP contribution in [-0.4, -0.2) is 23.0 Å². The first-order chi connectivity index (χ1) is 11.5. The SMILES string of the molecule is COC1=CC(=O)OC(c2coc(C(C)=Cc3ccc(Cl)[nH]3)n2)C1C. The minimum Gasteiger partial charge on any atom is -0.500 e. The van der Waals surface area contributed by atoms with Crippen molar-refractivity contribution >= 4 is 29.2 Å². The molecule has 0 spiro atoms. The largest absolute Gasteiger partial charge is 0.500 e. The number of ether oxygens (including phenoxy) is 2. The van der Waals surface area contributed by atoms with Crippen molar-refractivity contribution in [3.63, 3.8) is 0 Å². The zero-order valence-electron chi connectivity index (χ0n) is 13.5. The van der Waals surface area contributed by atoms with Crippen LogP contribution in [0, 0.1) is 5.92 Å². The molecular formula is C17H17ClN2O4. The van der Waals surface area contributed by atoms with E-state index in [0.29, 0.717) is 22.5 Å². The molecule has 1 N–H and O–H groups in total. The van der Waals surface area contributed by atoms with E-state index in [1.54, 1.807) is 6.07 Å². The van der Waals surface area contributed by atoms with Crippen LogP contribution in [0.3, 0.4) is 0 Å². The van der Waals surface area contributed by atoms with Crippen LogP contribution in [0.15, 0.2) is 34.6 Å². The maximum Gasteiger partial charge on any atom is 0.334 e. The van der Waals surface area contributed by atoms with Crippen molar-refractivity contribution in [3.05, 3.63) is 52.7 Å². The Morgan fingerprint density at radius 1 is 1.46 bits per heavy atom. The van der Waals surface area contributed by atoms with E-state index in [1.807, 2.05) is 26.0 Å². The molecule has 2 aromatic rings. The number of aromatic nitrogens is 2. The number of methoxy groups -OCH3 is 1. The first-order valence-electron chi connectivity index (χ1n) is 7.42. The Balaban J connectivity index is 1.84. The molecule has 0 aliphatic carbocycles. The van der Waals surface area contributed by atoms with Gasteiger partial charge < -0.3 is 18.9 Å². The molecule has 0 amide bonds. The maximum absolute atomic E-state index is 11.7. The highest BCUT2D eigenvalue weighted by Crippen LogP contribution is 2.35. The number of hydrogen-bond donors (Lipinski definition) is 1. The quantitative estimate of drug-likeness (QED) is 0.845. The smallest absolute Gasteiger partial charge is 0.334 e. The van der Waals surface area contributed by atoms with E-state index in [2.05, 4.69) is 9.97 Å². The highest BCUT2D eigenvalue weighted by atomic mass is 35.5. The molecule has 0 fully saturated rings. The molecule has 2 aromatic heterocycles. The number of aromatic amines is 1. The number of halogens is 1. The van der Waals surface area contributed by atoms with Crippen molar-refractivity contribution in [1.82, 2.24) is 9.97 Å². The van der Waals surface area contributed by atoms with Crippen molar-refractivity contribution in [2.45, 2.75) is 20.0 Å². The van der Waals surface area contributed by atoms with Gasteiger partial charge in [0, 0.05) is 11.3 Å². The van der Waals surface area contributed by atoms with E-state index in [0.717, 1.165) is 11.3 Å². The zero-order valence-corrected chi connectivity index (χ0v) is 14.3. The van der Waals surface area contributed by atoms with Gasteiger partial charge in [-0.15, -0.1) is 0 Å². The lowest BCUT2D eigenvalue weighted by Crippen LogP contribution is -2.25. The minimum absolute atomic E-state index is 0.142. The van der Waals surface area contributed by atoms with Crippen LogP contribution in [0.1, 0.15) is 37.2 Å².